The SMILES string of the molecule is C=C/C(C)=C/CC1CCCCO1. The van der Waals surface area contributed by atoms with Crippen molar-refractivity contribution in [3.8, 4) is 0 Å². The van der Waals surface area contributed by atoms with Crippen LogP contribution in [0, 0.1) is 0 Å². The Hall–Kier alpha value is -0.560. The molecule has 0 aromatic carbocycles. The zero-order chi connectivity index (χ0) is 8.81. The molecule has 1 unspecified atom stereocenters. The van der Waals surface area contributed by atoms with E-state index >= 15 is 0 Å². The molecule has 12 heavy (non-hydrogen) atoms. The molecule has 1 aliphatic heterocycles. The predicted octanol–water partition coefficient (Wildman–Crippen LogP) is 3.08. The van der Waals surface area contributed by atoms with Crippen LogP contribution in [0.5, 0.6) is 0 Å². The molecule has 0 aromatic rings. The summed E-state index contributed by atoms with van der Waals surface area (Å²) >= 11 is 0. The van der Waals surface area contributed by atoms with Gasteiger partial charge < -0.3 is 4.74 Å². The van der Waals surface area contributed by atoms with Crippen molar-refractivity contribution in [1.82, 2.24) is 0 Å². The number of ether oxygens (including phenoxy) is 1. The summed E-state index contributed by atoms with van der Waals surface area (Å²) in [5, 5.41) is 0. The van der Waals surface area contributed by atoms with E-state index in [-0.39, 0.29) is 0 Å². The molecule has 1 rings (SSSR count). The van der Waals surface area contributed by atoms with E-state index in [0.29, 0.717) is 6.10 Å². The summed E-state index contributed by atoms with van der Waals surface area (Å²) in [5.74, 6) is 0. The fraction of sp³-hybridized carbons (Fsp3) is 0.636. The van der Waals surface area contributed by atoms with Crippen molar-refractivity contribution in [3.63, 3.8) is 0 Å². The Bertz CT molecular complexity index is 164. The molecule has 0 radical (unpaired) electrons. The molecule has 1 atom stereocenters. The van der Waals surface area contributed by atoms with Crippen LogP contribution in [0.4, 0.5) is 0 Å². The zero-order valence-electron chi connectivity index (χ0n) is 7.88. The smallest absolute Gasteiger partial charge is 0.0609 e. The summed E-state index contributed by atoms with van der Waals surface area (Å²) in [6.45, 7) is 6.74. The molecule has 1 aliphatic rings. The molecule has 0 N–H and O–H groups in total. The number of rotatable bonds is 3. The average Bonchev–Trinajstić information content (AvgIpc) is 2.16. The summed E-state index contributed by atoms with van der Waals surface area (Å²) in [7, 11) is 0. The molecule has 1 nitrogen and oxygen atoms in total. The maximum atomic E-state index is 5.59. The van der Waals surface area contributed by atoms with Gasteiger partial charge in [-0.25, -0.2) is 0 Å². The van der Waals surface area contributed by atoms with E-state index in [0.717, 1.165) is 13.0 Å². The first-order valence-corrected chi connectivity index (χ1v) is 4.73. The van der Waals surface area contributed by atoms with Gasteiger partial charge in [-0.2, -0.15) is 0 Å². The maximum Gasteiger partial charge on any atom is 0.0609 e. The quantitative estimate of drug-likeness (QED) is 0.585. The Labute approximate surface area is 75.1 Å². The van der Waals surface area contributed by atoms with Gasteiger partial charge in [-0.15, -0.1) is 0 Å². The highest BCUT2D eigenvalue weighted by Gasteiger charge is 2.11. The van der Waals surface area contributed by atoms with Crippen LogP contribution < -0.4 is 0 Å². The molecule has 68 valence electrons. The van der Waals surface area contributed by atoms with Crippen molar-refractivity contribution >= 4 is 0 Å². The van der Waals surface area contributed by atoms with Crippen molar-refractivity contribution in [3.05, 3.63) is 24.3 Å². The van der Waals surface area contributed by atoms with Crippen LogP contribution in [-0.2, 0) is 4.74 Å². The summed E-state index contributed by atoms with van der Waals surface area (Å²) in [4.78, 5) is 0. The van der Waals surface area contributed by atoms with Crippen LogP contribution in [0.25, 0.3) is 0 Å². The summed E-state index contributed by atoms with van der Waals surface area (Å²) in [6, 6.07) is 0. The van der Waals surface area contributed by atoms with Gasteiger partial charge in [0.25, 0.3) is 0 Å². The first kappa shape index (κ1) is 9.53. The Morgan fingerprint density at radius 1 is 1.58 bits per heavy atom. The molecule has 0 aromatic heterocycles. The van der Waals surface area contributed by atoms with E-state index < -0.39 is 0 Å². The molecule has 1 heterocycles. The highest BCUT2D eigenvalue weighted by atomic mass is 16.5. The molecular weight excluding hydrogens is 148 g/mol. The Balaban J connectivity index is 2.25. The molecule has 0 spiro atoms. The van der Waals surface area contributed by atoms with Gasteiger partial charge in [0, 0.05) is 6.61 Å². The standard InChI is InChI=1S/C11H18O/c1-3-10(2)7-8-11-6-4-5-9-12-11/h3,7,11H,1,4-6,8-9H2,2H3/b10-7+. The van der Waals surface area contributed by atoms with Gasteiger partial charge in [0.2, 0.25) is 0 Å². The van der Waals surface area contributed by atoms with Crippen LogP contribution >= 0.6 is 0 Å². The van der Waals surface area contributed by atoms with Gasteiger partial charge in [0.15, 0.2) is 0 Å². The van der Waals surface area contributed by atoms with Gasteiger partial charge in [0.1, 0.15) is 0 Å². The molecule has 0 saturated carbocycles. The number of hydrogen-bond donors (Lipinski definition) is 0. The average molecular weight is 166 g/mol. The first-order valence-electron chi connectivity index (χ1n) is 4.73. The first-order chi connectivity index (χ1) is 5.83. The highest BCUT2D eigenvalue weighted by molar-refractivity contribution is 5.12. The summed E-state index contributed by atoms with van der Waals surface area (Å²) in [6.07, 6.45) is 9.41. The minimum atomic E-state index is 0.466. The van der Waals surface area contributed by atoms with Crippen molar-refractivity contribution in [1.29, 1.82) is 0 Å². The Morgan fingerprint density at radius 3 is 3.00 bits per heavy atom. The molecule has 1 fully saturated rings. The van der Waals surface area contributed by atoms with Crippen molar-refractivity contribution in [2.24, 2.45) is 0 Å². The molecule has 0 bridgehead atoms. The molecule has 1 heteroatoms. The highest BCUT2D eigenvalue weighted by Crippen LogP contribution is 2.16. The minimum Gasteiger partial charge on any atom is -0.378 e. The second-order valence-corrected chi connectivity index (χ2v) is 3.38. The monoisotopic (exact) mass is 166 g/mol. The Kier molecular flexibility index (Phi) is 4.09. The maximum absolute atomic E-state index is 5.59. The lowest BCUT2D eigenvalue weighted by molar-refractivity contribution is 0.0183. The lowest BCUT2D eigenvalue weighted by Gasteiger charge is -2.21. The second kappa shape index (κ2) is 5.15. The third-order valence-corrected chi connectivity index (χ3v) is 2.30. The van der Waals surface area contributed by atoms with Gasteiger partial charge in [-0.3, -0.25) is 0 Å². The van der Waals surface area contributed by atoms with Crippen LogP contribution in [0.1, 0.15) is 32.6 Å². The van der Waals surface area contributed by atoms with Crippen molar-refractivity contribution < 1.29 is 4.74 Å². The van der Waals surface area contributed by atoms with Crippen molar-refractivity contribution in [2.75, 3.05) is 6.61 Å². The lowest BCUT2D eigenvalue weighted by atomic mass is 10.1. The Morgan fingerprint density at radius 2 is 2.42 bits per heavy atom. The van der Waals surface area contributed by atoms with Gasteiger partial charge in [0.05, 0.1) is 6.10 Å². The zero-order valence-corrected chi connectivity index (χ0v) is 7.88. The van der Waals surface area contributed by atoms with Crippen molar-refractivity contribution in [2.45, 2.75) is 38.7 Å². The fourth-order valence-corrected chi connectivity index (χ4v) is 1.39. The van der Waals surface area contributed by atoms with E-state index in [2.05, 4.69) is 19.6 Å². The summed E-state index contributed by atoms with van der Waals surface area (Å²) in [5.41, 5.74) is 1.25. The second-order valence-electron chi connectivity index (χ2n) is 3.38. The molecule has 0 amide bonds. The minimum absolute atomic E-state index is 0.466. The van der Waals surface area contributed by atoms with Crippen LogP contribution in [0.3, 0.4) is 0 Å². The fourth-order valence-electron chi connectivity index (χ4n) is 1.39. The molecule has 0 aliphatic carbocycles. The van der Waals surface area contributed by atoms with Crippen LogP contribution in [0.2, 0.25) is 0 Å². The van der Waals surface area contributed by atoms with Gasteiger partial charge >= 0.3 is 0 Å². The number of allylic oxidation sites excluding steroid dienone is 2. The predicted molar refractivity (Wildman–Crippen MR) is 52.2 cm³/mol. The summed E-state index contributed by atoms with van der Waals surface area (Å²) < 4.78 is 5.59. The van der Waals surface area contributed by atoms with Gasteiger partial charge in [-0.1, -0.05) is 24.3 Å². The largest absolute Gasteiger partial charge is 0.378 e. The lowest BCUT2D eigenvalue weighted by Crippen LogP contribution is -2.17. The van der Waals surface area contributed by atoms with Crippen LogP contribution in [0.15, 0.2) is 24.3 Å². The van der Waals surface area contributed by atoms with Gasteiger partial charge in [-0.05, 0) is 32.6 Å². The third-order valence-electron chi connectivity index (χ3n) is 2.30. The van der Waals surface area contributed by atoms with Crippen LogP contribution in [-0.4, -0.2) is 12.7 Å². The topological polar surface area (TPSA) is 9.23 Å². The van der Waals surface area contributed by atoms with E-state index in [1.54, 1.807) is 0 Å². The van der Waals surface area contributed by atoms with E-state index in [1.165, 1.54) is 24.8 Å². The van der Waals surface area contributed by atoms with E-state index in [1.807, 2.05) is 6.08 Å². The third kappa shape index (κ3) is 3.22. The normalized spacial score (nSPS) is 25.4. The van der Waals surface area contributed by atoms with E-state index in [9.17, 15) is 0 Å². The molecular formula is C11H18O. The number of hydrogen-bond acceptors (Lipinski definition) is 1. The van der Waals surface area contributed by atoms with E-state index in [4.69, 9.17) is 4.74 Å². The molecule has 1 saturated heterocycles.